The smallest absolute Gasteiger partial charge is 0.236 e. The first-order valence-electron chi connectivity index (χ1n) is 7.16. The molecule has 3 aromatic rings. The van der Waals surface area contributed by atoms with Gasteiger partial charge < -0.3 is 0 Å². The van der Waals surface area contributed by atoms with Gasteiger partial charge in [0.2, 0.25) is 11.0 Å². The Bertz CT molecular complexity index is 863. The number of benzene rings is 1. The average molecular weight is 376 g/mol. The van der Waals surface area contributed by atoms with Crippen LogP contribution >= 0.6 is 23.1 Å². The molecule has 0 aliphatic carbocycles. The van der Waals surface area contributed by atoms with E-state index in [4.69, 9.17) is 0 Å². The maximum absolute atomic E-state index is 13.1. The molecule has 0 radical (unpaired) electrons. The lowest BCUT2D eigenvalue weighted by molar-refractivity contribution is -0.113. The summed E-state index contributed by atoms with van der Waals surface area (Å²) >= 11 is 2.49. The van der Waals surface area contributed by atoms with Crippen LogP contribution in [-0.4, -0.2) is 36.6 Å². The van der Waals surface area contributed by atoms with Crippen molar-refractivity contribution in [2.24, 2.45) is 0 Å². The van der Waals surface area contributed by atoms with Crippen molar-refractivity contribution in [2.75, 3.05) is 11.1 Å². The van der Waals surface area contributed by atoms with E-state index in [0.717, 1.165) is 5.56 Å². The second-order valence-corrected chi connectivity index (χ2v) is 6.57. The number of anilines is 1. The maximum Gasteiger partial charge on any atom is 0.236 e. The lowest BCUT2D eigenvalue weighted by Crippen LogP contribution is -2.14. The quantitative estimate of drug-likeness (QED) is 0.504. The van der Waals surface area contributed by atoms with Gasteiger partial charge in [-0.05, 0) is 24.3 Å². The molecule has 1 aromatic carbocycles. The Morgan fingerprint density at radius 3 is 2.80 bits per heavy atom. The van der Waals surface area contributed by atoms with E-state index in [1.165, 1.54) is 35.2 Å². The Kier molecular flexibility index (Phi) is 5.51. The minimum Gasteiger partial charge on any atom is -0.300 e. The fourth-order valence-corrected chi connectivity index (χ4v) is 3.22. The molecule has 0 saturated carbocycles. The summed E-state index contributed by atoms with van der Waals surface area (Å²) in [5.74, 6) is 0.213. The molecule has 128 valence electrons. The van der Waals surface area contributed by atoms with Gasteiger partial charge in [0, 0.05) is 12.1 Å². The van der Waals surface area contributed by atoms with Crippen molar-refractivity contribution in [1.29, 1.82) is 0 Å². The molecule has 2 heterocycles. The molecule has 0 bridgehead atoms. The molecule has 0 aliphatic rings. The fourth-order valence-electron chi connectivity index (χ4n) is 2.01. The summed E-state index contributed by atoms with van der Waals surface area (Å²) in [7, 11) is 0. The molecule has 1 N–H and O–H groups in total. The normalized spacial score (nSPS) is 10.6. The summed E-state index contributed by atoms with van der Waals surface area (Å²) in [5.41, 5.74) is 2.28. The molecule has 0 aliphatic heterocycles. The average Bonchev–Trinajstić information content (AvgIpc) is 3.24. The largest absolute Gasteiger partial charge is 0.300 e. The number of allylic oxidation sites excluding steroid dienone is 1. The molecule has 7 nitrogen and oxygen atoms in total. The molecule has 0 fully saturated rings. The van der Waals surface area contributed by atoms with E-state index in [0.29, 0.717) is 22.7 Å². The molecule has 0 saturated heterocycles. The van der Waals surface area contributed by atoms with Gasteiger partial charge in [0.1, 0.15) is 11.3 Å². The lowest BCUT2D eigenvalue weighted by atomic mass is 10.2. The number of hydrogen-bond donors (Lipinski definition) is 1. The predicted molar refractivity (Wildman–Crippen MR) is 94.9 cm³/mol. The maximum atomic E-state index is 13.1. The summed E-state index contributed by atoms with van der Waals surface area (Å²) in [6.07, 6.45) is 1.71. The summed E-state index contributed by atoms with van der Waals surface area (Å²) in [4.78, 5) is 12.0. The monoisotopic (exact) mass is 376 g/mol. The standard InChI is InChI=1S/C15H13FN6OS2/c1-2-7-22-13(10-3-5-11(16)6-4-10)19-21-15(22)24-8-12(23)18-14-20-17-9-25-14/h2-6,9H,1,7-8H2,(H,18,20,23). The Hall–Kier alpha value is -2.59. The van der Waals surface area contributed by atoms with E-state index in [2.05, 4.69) is 32.3 Å². The van der Waals surface area contributed by atoms with Gasteiger partial charge in [0.25, 0.3) is 0 Å². The van der Waals surface area contributed by atoms with Crippen molar-refractivity contribution < 1.29 is 9.18 Å². The Morgan fingerprint density at radius 1 is 1.32 bits per heavy atom. The van der Waals surface area contributed by atoms with Crippen LogP contribution < -0.4 is 5.32 Å². The Labute approximate surface area is 151 Å². The van der Waals surface area contributed by atoms with Crippen molar-refractivity contribution in [1.82, 2.24) is 25.0 Å². The highest BCUT2D eigenvalue weighted by atomic mass is 32.2. The number of amides is 1. The zero-order chi connectivity index (χ0) is 17.6. The van der Waals surface area contributed by atoms with Crippen molar-refractivity contribution in [2.45, 2.75) is 11.7 Å². The summed E-state index contributed by atoms with van der Waals surface area (Å²) < 4.78 is 14.9. The van der Waals surface area contributed by atoms with E-state index >= 15 is 0 Å². The van der Waals surface area contributed by atoms with E-state index < -0.39 is 0 Å². The van der Waals surface area contributed by atoms with E-state index in [1.54, 1.807) is 23.7 Å². The number of nitrogens with zero attached hydrogens (tertiary/aromatic N) is 5. The number of aromatic nitrogens is 5. The summed E-state index contributed by atoms with van der Waals surface area (Å²) in [6, 6.07) is 6.00. The molecular formula is C15H13FN6OS2. The number of nitrogens with one attached hydrogen (secondary N) is 1. The lowest BCUT2D eigenvalue weighted by Gasteiger charge is -2.07. The fraction of sp³-hybridized carbons (Fsp3) is 0.133. The number of hydrogen-bond acceptors (Lipinski definition) is 7. The van der Waals surface area contributed by atoms with Crippen LogP contribution in [0.4, 0.5) is 9.52 Å². The van der Waals surface area contributed by atoms with Gasteiger partial charge in [-0.3, -0.25) is 14.7 Å². The zero-order valence-corrected chi connectivity index (χ0v) is 14.6. The molecule has 0 spiro atoms. The molecule has 0 atom stereocenters. The highest BCUT2D eigenvalue weighted by Crippen LogP contribution is 2.24. The third-order valence-corrected chi connectivity index (χ3v) is 4.64. The minimum absolute atomic E-state index is 0.151. The van der Waals surface area contributed by atoms with Gasteiger partial charge in [-0.2, -0.15) is 0 Å². The second kappa shape index (κ2) is 7.99. The molecule has 3 rings (SSSR count). The molecule has 25 heavy (non-hydrogen) atoms. The molecule has 1 amide bonds. The second-order valence-electron chi connectivity index (χ2n) is 4.79. The van der Waals surface area contributed by atoms with Crippen molar-refractivity contribution in [3.05, 3.63) is 48.2 Å². The summed E-state index contributed by atoms with van der Waals surface area (Å²) in [6.45, 7) is 4.20. The number of halogens is 1. The van der Waals surface area contributed by atoms with Gasteiger partial charge in [-0.25, -0.2) is 4.39 Å². The first-order valence-corrected chi connectivity index (χ1v) is 9.02. The topological polar surface area (TPSA) is 85.6 Å². The van der Waals surface area contributed by atoms with Crippen LogP contribution in [0.5, 0.6) is 0 Å². The van der Waals surface area contributed by atoms with E-state index in [1.807, 2.05) is 4.57 Å². The number of carbonyl (C=O) groups is 1. The molecule has 0 unspecified atom stereocenters. The minimum atomic E-state index is -0.318. The van der Waals surface area contributed by atoms with Crippen LogP contribution in [0.15, 0.2) is 47.6 Å². The van der Waals surface area contributed by atoms with Gasteiger partial charge >= 0.3 is 0 Å². The Balaban J connectivity index is 1.73. The van der Waals surface area contributed by atoms with E-state index in [9.17, 15) is 9.18 Å². The summed E-state index contributed by atoms with van der Waals surface area (Å²) in [5, 5.41) is 19.4. The highest BCUT2D eigenvalue weighted by Gasteiger charge is 2.15. The number of rotatable bonds is 7. The number of thioether (sulfide) groups is 1. The van der Waals surface area contributed by atoms with Crippen LogP contribution in [0.25, 0.3) is 11.4 Å². The highest BCUT2D eigenvalue weighted by molar-refractivity contribution is 7.99. The molecule has 2 aromatic heterocycles. The van der Waals surface area contributed by atoms with Crippen LogP contribution in [-0.2, 0) is 11.3 Å². The van der Waals surface area contributed by atoms with Gasteiger partial charge in [-0.15, -0.1) is 27.0 Å². The van der Waals surface area contributed by atoms with Crippen LogP contribution in [0, 0.1) is 5.82 Å². The van der Waals surface area contributed by atoms with Gasteiger partial charge in [-0.1, -0.05) is 29.2 Å². The first-order chi connectivity index (χ1) is 12.2. The van der Waals surface area contributed by atoms with Crippen molar-refractivity contribution >= 4 is 34.1 Å². The molecule has 10 heteroatoms. The van der Waals surface area contributed by atoms with Gasteiger partial charge in [0.05, 0.1) is 5.75 Å². The van der Waals surface area contributed by atoms with Crippen LogP contribution in [0.3, 0.4) is 0 Å². The molecular weight excluding hydrogens is 363 g/mol. The van der Waals surface area contributed by atoms with Gasteiger partial charge in [0.15, 0.2) is 11.0 Å². The SMILES string of the molecule is C=CCn1c(SCC(=O)Nc2nncs2)nnc1-c1ccc(F)cc1. The predicted octanol–water partition coefficient (Wildman–Crippen LogP) is 2.85. The van der Waals surface area contributed by atoms with E-state index in [-0.39, 0.29) is 17.5 Å². The van der Waals surface area contributed by atoms with Crippen molar-refractivity contribution in [3.63, 3.8) is 0 Å². The van der Waals surface area contributed by atoms with Crippen molar-refractivity contribution in [3.8, 4) is 11.4 Å². The third kappa shape index (κ3) is 4.28. The van der Waals surface area contributed by atoms with Crippen LogP contribution in [0.2, 0.25) is 0 Å². The third-order valence-electron chi connectivity index (χ3n) is 3.07. The first kappa shape index (κ1) is 17.2. The number of carbonyl (C=O) groups excluding carboxylic acids is 1. The Morgan fingerprint density at radius 2 is 2.12 bits per heavy atom. The van der Waals surface area contributed by atoms with Crippen LogP contribution in [0.1, 0.15) is 0 Å². The zero-order valence-electron chi connectivity index (χ0n) is 12.9.